The zero-order chi connectivity index (χ0) is 11.3. The lowest BCUT2D eigenvalue weighted by Gasteiger charge is -2.16. The quantitative estimate of drug-likeness (QED) is 0.574. The summed E-state index contributed by atoms with van der Waals surface area (Å²) in [5.41, 5.74) is 1.19. The summed E-state index contributed by atoms with van der Waals surface area (Å²) in [5, 5.41) is 0. The van der Waals surface area contributed by atoms with Crippen LogP contribution >= 0.6 is 0 Å². The van der Waals surface area contributed by atoms with E-state index in [-0.39, 0.29) is 0 Å². The van der Waals surface area contributed by atoms with Gasteiger partial charge in [-0.3, -0.25) is 0 Å². The van der Waals surface area contributed by atoms with E-state index in [0.29, 0.717) is 11.7 Å². The smallest absolute Gasteiger partial charge is 0.126 e. The monoisotopic (exact) mass is 202 g/mol. The number of rotatable bonds is 0. The number of hydrogen-bond donors (Lipinski definition) is 0. The van der Waals surface area contributed by atoms with Crippen LogP contribution in [0.4, 0.5) is 0 Å². The highest BCUT2D eigenvalue weighted by Gasteiger charge is 2.12. The van der Waals surface area contributed by atoms with Gasteiger partial charge >= 0.3 is 0 Å². The Kier molecular flexibility index (Phi) is 4.17. The molecular formula is C14H18O. The number of hydrogen-bond acceptors (Lipinski definition) is 1. The normalized spacial score (nSPS) is 31.7. The van der Waals surface area contributed by atoms with Gasteiger partial charge < -0.3 is 4.74 Å². The van der Waals surface area contributed by atoms with E-state index in [2.05, 4.69) is 25.7 Å². The second kappa shape index (κ2) is 5.40. The van der Waals surface area contributed by atoms with Gasteiger partial charge in [0.05, 0.1) is 0 Å². The highest BCUT2D eigenvalue weighted by molar-refractivity contribution is 5.34. The molecule has 1 heteroatoms. The average Bonchev–Trinajstić information content (AvgIpc) is 2.29. The van der Waals surface area contributed by atoms with E-state index in [0.717, 1.165) is 5.76 Å². The van der Waals surface area contributed by atoms with Crippen LogP contribution in [-0.4, -0.2) is 0 Å². The third kappa shape index (κ3) is 2.98. The molecule has 1 nitrogen and oxygen atoms in total. The molecule has 0 radical (unpaired) electrons. The van der Waals surface area contributed by atoms with Crippen LogP contribution in [0.2, 0.25) is 0 Å². The van der Waals surface area contributed by atoms with Gasteiger partial charge in [-0.05, 0) is 31.6 Å². The average molecular weight is 202 g/mol. The maximum Gasteiger partial charge on any atom is 0.126 e. The standard InChI is InChI=1S/C14H18O/c1-5-13-11(3)9-7-8-10-12(4)15-14(13)6-2/h5-11H,4H2,1-3H3/b9-7-,10-8-,13-5-,14-6+. The molecule has 0 bridgehead atoms. The van der Waals surface area contributed by atoms with E-state index in [1.165, 1.54) is 5.57 Å². The number of allylic oxidation sites excluding steroid dienone is 7. The van der Waals surface area contributed by atoms with Crippen molar-refractivity contribution >= 4 is 0 Å². The van der Waals surface area contributed by atoms with Crippen LogP contribution in [0.3, 0.4) is 0 Å². The predicted octanol–water partition coefficient (Wildman–Crippen LogP) is 4.13. The summed E-state index contributed by atoms with van der Waals surface area (Å²) in [4.78, 5) is 0. The Morgan fingerprint density at radius 1 is 1.27 bits per heavy atom. The third-order valence-electron chi connectivity index (χ3n) is 2.38. The van der Waals surface area contributed by atoms with E-state index >= 15 is 0 Å². The molecule has 1 atom stereocenters. The minimum atomic E-state index is 0.358. The van der Waals surface area contributed by atoms with Crippen LogP contribution in [0.15, 0.2) is 60.1 Å². The Bertz CT molecular complexity index is 354. The minimum Gasteiger partial charge on any atom is -0.458 e. The van der Waals surface area contributed by atoms with E-state index in [4.69, 9.17) is 4.74 Å². The first-order chi connectivity index (χ1) is 7.19. The SMILES string of the molecule is C=C1/C=C\C=C/C(C)C(=C/C)/C(=C\C)O1. The fraction of sp³-hybridized carbons (Fsp3) is 0.286. The van der Waals surface area contributed by atoms with Crippen molar-refractivity contribution in [2.75, 3.05) is 0 Å². The van der Waals surface area contributed by atoms with E-state index < -0.39 is 0 Å². The highest BCUT2D eigenvalue weighted by atomic mass is 16.5. The van der Waals surface area contributed by atoms with Gasteiger partial charge in [-0.25, -0.2) is 0 Å². The van der Waals surface area contributed by atoms with Gasteiger partial charge in [0.1, 0.15) is 11.5 Å². The van der Waals surface area contributed by atoms with Crippen molar-refractivity contribution in [2.45, 2.75) is 20.8 Å². The maximum atomic E-state index is 5.67. The first-order valence-corrected chi connectivity index (χ1v) is 5.23. The molecule has 1 heterocycles. The predicted molar refractivity (Wildman–Crippen MR) is 65.2 cm³/mol. The van der Waals surface area contributed by atoms with Gasteiger partial charge in [-0.2, -0.15) is 0 Å². The van der Waals surface area contributed by atoms with Crippen LogP contribution in [0.5, 0.6) is 0 Å². The van der Waals surface area contributed by atoms with Gasteiger partial charge in [0.15, 0.2) is 0 Å². The number of ether oxygens (including phenoxy) is 1. The van der Waals surface area contributed by atoms with Crippen LogP contribution in [-0.2, 0) is 4.74 Å². The van der Waals surface area contributed by atoms with Crippen LogP contribution < -0.4 is 0 Å². The second-order valence-corrected chi connectivity index (χ2v) is 3.50. The Morgan fingerprint density at radius 3 is 2.60 bits per heavy atom. The highest BCUT2D eigenvalue weighted by Crippen LogP contribution is 2.25. The Balaban J connectivity index is 3.09. The van der Waals surface area contributed by atoms with E-state index in [9.17, 15) is 0 Å². The van der Waals surface area contributed by atoms with Crippen molar-refractivity contribution in [3.05, 3.63) is 60.1 Å². The molecule has 0 saturated carbocycles. The molecule has 1 unspecified atom stereocenters. The lowest BCUT2D eigenvalue weighted by atomic mass is 9.98. The summed E-state index contributed by atoms with van der Waals surface area (Å²) in [7, 11) is 0. The van der Waals surface area contributed by atoms with Crippen LogP contribution in [0.25, 0.3) is 0 Å². The molecule has 1 rings (SSSR count). The summed E-state index contributed by atoms with van der Waals surface area (Å²) in [5.74, 6) is 1.92. The summed E-state index contributed by atoms with van der Waals surface area (Å²) >= 11 is 0. The molecule has 80 valence electrons. The molecule has 0 aromatic carbocycles. The van der Waals surface area contributed by atoms with Crippen LogP contribution in [0, 0.1) is 5.92 Å². The lowest BCUT2D eigenvalue weighted by molar-refractivity contribution is 0.325. The third-order valence-corrected chi connectivity index (χ3v) is 2.38. The molecule has 15 heavy (non-hydrogen) atoms. The lowest BCUT2D eigenvalue weighted by Crippen LogP contribution is -2.01. The van der Waals surface area contributed by atoms with Crippen molar-refractivity contribution in [1.29, 1.82) is 0 Å². The first-order valence-electron chi connectivity index (χ1n) is 5.23. The fourth-order valence-corrected chi connectivity index (χ4v) is 1.59. The fourth-order valence-electron chi connectivity index (χ4n) is 1.59. The zero-order valence-electron chi connectivity index (χ0n) is 9.66. The Hall–Kier alpha value is -1.50. The van der Waals surface area contributed by atoms with Gasteiger partial charge in [-0.1, -0.05) is 37.8 Å². The molecule has 0 aromatic heterocycles. The van der Waals surface area contributed by atoms with Gasteiger partial charge in [0, 0.05) is 5.92 Å². The molecule has 0 spiro atoms. The van der Waals surface area contributed by atoms with E-state index in [1.807, 2.05) is 38.2 Å². The Morgan fingerprint density at radius 2 is 2.00 bits per heavy atom. The maximum absolute atomic E-state index is 5.67. The molecule has 0 aliphatic carbocycles. The topological polar surface area (TPSA) is 9.23 Å². The van der Waals surface area contributed by atoms with Crippen molar-refractivity contribution in [3.63, 3.8) is 0 Å². The summed E-state index contributed by atoms with van der Waals surface area (Å²) in [6.45, 7) is 10.00. The molecule has 0 N–H and O–H groups in total. The van der Waals surface area contributed by atoms with Crippen molar-refractivity contribution in [1.82, 2.24) is 0 Å². The van der Waals surface area contributed by atoms with Crippen molar-refractivity contribution < 1.29 is 4.74 Å². The largest absolute Gasteiger partial charge is 0.458 e. The van der Waals surface area contributed by atoms with Gasteiger partial charge in [0.2, 0.25) is 0 Å². The summed E-state index contributed by atoms with van der Waals surface area (Å²) < 4.78 is 5.67. The van der Waals surface area contributed by atoms with Crippen LogP contribution in [0.1, 0.15) is 20.8 Å². The second-order valence-electron chi connectivity index (χ2n) is 3.50. The molecule has 0 amide bonds. The molecule has 0 saturated heterocycles. The van der Waals surface area contributed by atoms with Gasteiger partial charge in [0.25, 0.3) is 0 Å². The zero-order valence-corrected chi connectivity index (χ0v) is 9.66. The molecule has 1 aliphatic heterocycles. The van der Waals surface area contributed by atoms with E-state index in [1.54, 1.807) is 0 Å². The molecule has 0 fully saturated rings. The summed E-state index contributed by atoms with van der Waals surface area (Å²) in [6, 6.07) is 0. The van der Waals surface area contributed by atoms with Crippen molar-refractivity contribution in [3.8, 4) is 0 Å². The summed E-state index contributed by atoms with van der Waals surface area (Å²) in [6.07, 6.45) is 12.1. The molecule has 0 aromatic rings. The Labute approximate surface area is 92.1 Å². The van der Waals surface area contributed by atoms with Crippen molar-refractivity contribution in [2.24, 2.45) is 5.92 Å². The first kappa shape index (κ1) is 11.6. The van der Waals surface area contributed by atoms with Gasteiger partial charge in [-0.15, -0.1) is 0 Å². The minimum absolute atomic E-state index is 0.358. The molecule has 1 aliphatic rings. The molecular weight excluding hydrogens is 184 g/mol.